The summed E-state index contributed by atoms with van der Waals surface area (Å²) < 4.78 is 5.68. The third kappa shape index (κ3) is 3.80. The van der Waals surface area contributed by atoms with Gasteiger partial charge in [0.1, 0.15) is 0 Å². The van der Waals surface area contributed by atoms with E-state index in [0.717, 1.165) is 19.1 Å². The monoisotopic (exact) mass is 589 g/mol. The van der Waals surface area contributed by atoms with Crippen LogP contribution >= 0.6 is 47.8 Å². The Kier molecular flexibility index (Phi) is 5.52. The third-order valence-corrected chi connectivity index (χ3v) is 7.42. The molecule has 3 aromatic carbocycles. The maximum absolute atomic E-state index is 3.92. The number of aromatic nitrogens is 1. The Morgan fingerprint density at radius 1 is 0.600 bits per heavy atom. The van der Waals surface area contributed by atoms with E-state index < -0.39 is 0 Å². The Balaban J connectivity index is 2.23. The van der Waals surface area contributed by atoms with Gasteiger partial charge in [-0.1, -0.05) is 57.5 Å². The molecule has 0 bridgehead atoms. The van der Waals surface area contributed by atoms with E-state index in [9.17, 15) is 0 Å². The Morgan fingerprint density at radius 2 is 1.00 bits per heavy atom. The Labute approximate surface area is 204 Å². The van der Waals surface area contributed by atoms with Crippen LogP contribution in [-0.2, 0) is 10.8 Å². The van der Waals surface area contributed by atoms with Gasteiger partial charge in [0.25, 0.3) is 0 Å². The molecule has 0 amide bonds. The zero-order valence-electron chi connectivity index (χ0n) is 18.2. The summed E-state index contributed by atoms with van der Waals surface area (Å²) in [4.78, 5) is 0. The van der Waals surface area contributed by atoms with Crippen LogP contribution in [0.25, 0.3) is 27.5 Å². The van der Waals surface area contributed by atoms with E-state index in [1.54, 1.807) is 0 Å². The van der Waals surface area contributed by atoms with E-state index in [1.165, 1.54) is 32.9 Å². The molecule has 0 radical (unpaired) electrons. The molecule has 0 spiro atoms. The molecule has 1 heterocycles. The number of halogens is 3. The zero-order chi connectivity index (χ0) is 22.0. The minimum Gasteiger partial charge on any atom is -0.307 e. The van der Waals surface area contributed by atoms with Crippen molar-refractivity contribution in [3.63, 3.8) is 0 Å². The van der Waals surface area contributed by atoms with Gasteiger partial charge in [0.15, 0.2) is 0 Å². The Bertz CT molecular complexity index is 1190. The molecule has 0 unspecified atom stereocenters. The lowest BCUT2D eigenvalue weighted by molar-refractivity contribution is 0.590. The van der Waals surface area contributed by atoms with E-state index in [0.29, 0.717) is 0 Å². The molecular weight excluding hydrogens is 566 g/mol. The normalized spacial score (nSPS) is 12.8. The Hall–Kier alpha value is -1.10. The zero-order valence-corrected chi connectivity index (χ0v) is 23.0. The second kappa shape index (κ2) is 7.50. The van der Waals surface area contributed by atoms with Gasteiger partial charge in [0.05, 0.1) is 11.0 Å². The molecule has 0 saturated carbocycles. The highest BCUT2D eigenvalue weighted by Crippen LogP contribution is 2.43. The van der Waals surface area contributed by atoms with Crippen LogP contribution in [0.3, 0.4) is 0 Å². The van der Waals surface area contributed by atoms with Crippen molar-refractivity contribution in [2.24, 2.45) is 0 Å². The molecule has 156 valence electrons. The summed E-state index contributed by atoms with van der Waals surface area (Å²) in [5.74, 6) is 0. The molecule has 4 rings (SSSR count). The lowest BCUT2D eigenvalue weighted by Gasteiger charge is -2.20. The van der Waals surface area contributed by atoms with Gasteiger partial charge in [0, 0.05) is 29.9 Å². The average molecular weight is 592 g/mol. The van der Waals surface area contributed by atoms with Gasteiger partial charge in [0.2, 0.25) is 0 Å². The summed E-state index contributed by atoms with van der Waals surface area (Å²) in [6.07, 6.45) is 0. The molecule has 0 aliphatic rings. The fourth-order valence-electron chi connectivity index (χ4n) is 3.89. The number of hydrogen-bond acceptors (Lipinski definition) is 0. The van der Waals surface area contributed by atoms with Crippen LogP contribution in [0.15, 0.2) is 61.9 Å². The first kappa shape index (κ1) is 22.1. The summed E-state index contributed by atoms with van der Waals surface area (Å²) in [6, 6.07) is 17.8. The highest BCUT2D eigenvalue weighted by atomic mass is 79.9. The molecule has 1 aromatic heterocycles. The van der Waals surface area contributed by atoms with Crippen molar-refractivity contribution >= 4 is 69.6 Å². The summed E-state index contributed by atoms with van der Waals surface area (Å²) >= 11 is 11.4. The maximum atomic E-state index is 3.92. The van der Waals surface area contributed by atoms with Gasteiger partial charge in [-0.2, -0.15) is 0 Å². The van der Waals surface area contributed by atoms with Crippen LogP contribution in [0.1, 0.15) is 52.7 Å². The van der Waals surface area contributed by atoms with Crippen LogP contribution in [0.5, 0.6) is 0 Å². The van der Waals surface area contributed by atoms with Gasteiger partial charge < -0.3 is 4.57 Å². The van der Waals surface area contributed by atoms with Crippen molar-refractivity contribution in [1.82, 2.24) is 4.57 Å². The van der Waals surface area contributed by atoms with Gasteiger partial charge in [-0.15, -0.1) is 0 Å². The molecule has 30 heavy (non-hydrogen) atoms. The topological polar surface area (TPSA) is 4.93 Å². The second-order valence-corrected chi connectivity index (χ2v) is 12.6. The lowest BCUT2D eigenvalue weighted by atomic mass is 9.85. The molecule has 0 fully saturated rings. The van der Waals surface area contributed by atoms with Crippen molar-refractivity contribution in [1.29, 1.82) is 0 Å². The highest BCUT2D eigenvalue weighted by molar-refractivity contribution is 9.11. The minimum atomic E-state index is 0.0710. The van der Waals surface area contributed by atoms with Gasteiger partial charge in [-0.3, -0.25) is 0 Å². The van der Waals surface area contributed by atoms with Crippen molar-refractivity contribution in [2.75, 3.05) is 0 Å². The number of nitrogens with zero attached hydrogens (tertiary/aromatic N) is 1. The van der Waals surface area contributed by atoms with Crippen LogP contribution in [0, 0.1) is 0 Å². The predicted molar refractivity (Wildman–Crippen MR) is 141 cm³/mol. The molecule has 0 aliphatic heterocycles. The standard InChI is InChI=1S/C26H26Br3N/c1-25(2,3)15-11-19-20-12-16(26(4,5)6)14-22(29)24(20)30(23(19)21(28)13-15)18-9-7-17(27)8-10-18/h7-14H,1-6H3. The SMILES string of the molecule is CC(C)(C)c1cc(Br)c2c(c1)c1cc(C(C)(C)C)cc(Br)c1n2-c1ccc(Br)cc1. The summed E-state index contributed by atoms with van der Waals surface area (Å²) in [7, 11) is 0. The first-order valence-corrected chi connectivity index (χ1v) is 12.5. The predicted octanol–water partition coefficient (Wildman–Crippen LogP) is 9.67. The number of hydrogen-bond donors (Lipinski definition) is 0. The molecule has 4 aromatic rings. The van der Waals surface area contributed by atoms with Crippen LogP contribution < -0.4 is 0 Å². The van der Waals surface area contributed by atoms with Crippen molar-refractivity contribution < 1.29 is 0 Å². The van der Waals surface area contributed by atoms with Crippen LogP contribution in [0.4, 0.5) is 0 Å². The van der Waals surface area contributed by atoms with E-state index >= 15 is 0 Å². The fourth-order valence-corrected chi connectivity index (χ4v) is 5.43. The van der Waals surface area contributed by atoms with Crippen molar-refractivity contribution in [3.05, 3.63) is 73.1 Å². The fraction of sp³-hybridized carbons (Fsp3) is 0.308. The summed E-state index contributed by atoms with van der Waals surface area (Å²) in [6.45, 7) is 13.6. The largest absolute Gasteiger partial charge is 0.307 e. The number of rotatable bonds is 1. The van der Waals surface area contributed by atoms with E-state index in [4.69, 9.17) is 0 Å². The first-order valence-electron chi connectivity index (χ1n) is 10.1. The van der Waals surface area contributed by atoms with Gasteiger partial charge in [-0.05, 0) is 102 Å². The van der Waals surface area contributed by atoms with Crippen LogP contribution in [-0.4, -0.2) is 4.57 Å². The quantitative estimate of drug-likeness (QED) is 0.208. The summed E-state index contributed by atoms with van der Waals surface area (Å²) in [5.41, 5.74) is 6.34. The molecule has 1 nitrogen and oxygen atoms in total. The van der Waals surface area contributed by atoms with Crippen LogP contribution in [0.2, 0.25) is 0 Å². The molecule has 0 N–H and O–H groups in total. The van der Waals surface area contributed by atoms with E-state index in [1.807, 2.05) is 0 Å². The van der Waals surface area contributed by atoms with Crippen molar-refractivity contribution in [3.8, 4) is 5.69 Å². The molecule has 0 aliphatic carbocycles. The number of fused-ring (bicyclic) bond motifs is 3. The van der Waals surface area contributed by atoms with Gasteiger partial charge >= 0.3 is 0 Å². The molecule has 0 atom stereocenters. The van der Waals surface area contributed by atoms with Crippen molar-refractivity contribution in [2.45, 2.75) is 52.4 Å². The van der Waals surface area contributed by atoms with Gasteiger partial charge in [-0.25, -0.2) is 0 Å². The Morgan fingerprint density at radius 3 is 1.37 bits per heavy atom. The molecule has 4 heteroatoms. The molecule has 0 saturated heterocycles. The maximum Gasteiger partial charge on any atom is 0.0683 e. The molecular formula is C26H26Br3N. The number of benzene rings is 3. The first-order chi connectivity index (χ1) is 13.9. The highest BCUT2D eigenvalue weighted by Gasteiger charge is 2.24. The van der Waals surface area contributed by atoms with E-state index in [-0.39, 0.29) is 10.8 Å². The minimum absolute atomic E-state index is 0.0710. The average Bonchev–Trinajstić information content (AvgIpc) is 2.97. The summed E-state index contributed by atoms with van der Waals surface area (Å²) in [5, 5.41) is 2.55. The smallest absolute Gasteiger partial charge is 0.0683 e. The lowest BCUT2D eigenvalue weighted by Crippen LogP contribution is -2.11. The third-order valence-electron chi connectivity index (χ3n) is 5.68. The van der Waals surface area contributed by atoms with E-state index in [2.05, 4.69) is 142 Å². The second-order valence-electron chi connectivity index (χ2n) is 10.0.